The minimum absolute atomic E-state index is 0.0549. The molecule has 0 aliphatic heterocycles. The SMILES string of the molecule is Cc1nnc(NN=Cc2c(F)cccc2Cl)[nH]c1=O. The van der Waals surface area contributed by atoms with Crippen LogP contribution in [0.5, 0.6) is 0 Å². The van der Waals surface area contributed by atoms with Gasteiger partial charge in [0.1, 0.15) is 11.5 Å². The fourth-order valence-electron chi connectivity index (χ4n) is 1.24. The Morgan fingerprint density at radius 3 is 2.95 bits per heavy atom. The molecule has 0 saturated heterocycles. The van der Waals surface area contributed by atoms with Crippen LogP contribution in [-0.2, 0) is 0 Å². The summed E-state index contributed by atoms with van der Waals surface area (Å²) in [4.78, 5) is 13.7. The predicted molar refractivity (Wildman–Crippen MR) is 70.0 cm³/mol. The van der Waals surface area contributed by atoms with Crippen LogP contribution in [0.25, 0.3) is 0 Å². The van der Waals surface area contributed by atoms with Crippen LogP contribution in [0.3, 0.4) is 0 Å². The molecule has 0 amide bonds. The number of benzene rings is 1. The van der Waals surface area contributed by atoms with Crippen molar-refractivity contribution in [1.29, 1.82) is 0 Å². The summed E-state index contributed by atoms with van der Waals surface area (Å²) in [7, 11) is 0. The molecule has 0 aliphatic rings. The highest BCUT2D eigenvalue weighted by atomic mass is 35.5. The second-order valence-electron chi connectivity index (χ2n) is 3.59. The first-order chi connectivity index (χ1) is 9.08. The maximum atomic E-state index is 13.4. The maximum absolute atomic E-state index is 13.4. The average Bonchev–Trinajstić information content (AvgIpc) is 2.37. The molecule has 0 radical (unpaired) electrons. The third-order valence-corrected chi connectivity index (χ3v) is 2.55. The summed E-state index contributed by atoms with van der Waals surface area (Å²) in [6.07, 6.45) is 1.19. The van der Waals surface area contributed by atoms with E-state index in [2.05, 4.69) is 25.7 Å². The van der Waals surface area contributed by atoms with Gasteiger partial charge < -0.3 is 0 Å². The highest BCUT2D eigenvalue weighted by Gasteiger charge is 2.03. The standard InChI is InChI=1S/C11H9ClFN5O/c1-6-10(19)15-11(18-16-6)17-14-5-7-8(12)3-2-4-9(7)13/h2-5H,1H3,(H2,15,17,18,19). The van der Waals surface area contributed by atoms with E-state index in [1.54, 1.807) is 6.07 Å². The van der Waals surface area contributed by atoms with Crippen molar-refractivity contribution >= 4 is 23.8 Å². The Kier molecular flexibility index (Phi) is 3.86. The molecule has 0 bridgehead atoms. The largest absolute Gasteiger partial charge is 0.288 e. The van der Waals surface area contributed by atoms with E-state index in [0.29, 0.717) is 0 Å². The van der Waals surface area contributed by atoms with Crippen molar-refractivity contribution in [3.63, 3.8) is 0 Å². The van der Waals surface area contributed by atoms with Crippen LogP contribution in [0.4, 0.5) is 10.3 Å². The van der Waals surface area contributed by atoms with Gasteiger partial charge in [0.2, 0.25) is 5.95 Å². The number of aryl methyl sites for hydroxylation is 1. The van der Waals surface area contributed by atoms with Crippen molar-refractivity contribution in [2.45, 2.75) is 6.92 Å². The van der Waals surface area contributed by atoms with Gasteiger partial charge >= 0.3 is 0 Å². The lowest BCUT2D eigenvalue weighted by Gasteiger charge is -2.00. The van der Waals surface area contributed by atoms with Crippen molar-refractivity contribution in [3.05, 3.63) is 50.7 Å². The fourth-order valence-corrected chi connectivity index (χ4v) is 1.45. The Morgan fingerprint density at radius 1 is 1.47 bits per heavy atom. The summed E-state index contributed by atoms with van der Waals surface area (Å²) in [6, 6.07) is 4.30. The molecule has 0 spiro atoms. The van der Waals surface area contributed by atoms with Gasteiger partial charge in [-0.15, -0.1) is 10.2 Å². The molecule has 0 aliphatic carbocycles. The van der Waals surface area contributed by atoms with Crippen LogP contribution >= 0.6 is 11.6 Å². The van der Waals surface area contributed by atoms with E-state index in [4.69, 9.17) is 11.6 Å². The number of hydrogen-bond donors (Lipinski definition) is 2. The minimum Gasteiger partial charge on any atom is -0.288 e. The Morgan fingerprint density at radius 2 is 2.26 bits per heavy atom. The highest BCUT2D eigenvalue weighted by Crippen LogP contribution is 2.16. The maximum Gasteiger partial charge on any atom is 0.274 e. The normalized spacial score (nSPS) is 10.9. The van der Waals surface area contributed by atoms with Crippen molar-refractivity contribution in [2.24, 2.45) is 5.10 Å². The number of nitrogens with zero attached hydrogens (tertiary/aromatic N) is 3. The lowest BCUT2D eigenvalue weighted by Crippen LogP contribution is -2.15. The number of hydrazone groups is 1. The molecular formula is C11H9ClFN5O. The van der Waals surface area contributed by atoms with Gasteiger partial charge in [0, 0.05) is 5.56 Å². The molecule has 0 saturated carbocycles. The first-order valence-corrected chi connectivity index (χ1v) is 5.62. The quantitative estimate of drug-likeness (QED) is 0.663. The molecule has 1 heterocycles. The molecule has 2 rings (SSSR count). The number of H-pyrrole nitrogens is 1. The van der Waals surface area contributed by atoms with Gasteiger partial charge in [0.05, 0.1) is 11.2 Å². The van der Waals surface area contributed by atoms with Gasteiger partial charge in [-0.2, -0.15) is 5.10 Å². The summed E-state index contributed by atoms with van der Waals surface area (Å²) in [5.74, 6) is -0.444. The van der Waals surface area contributed by atoms with Gasteiger partial charge in [-0.3, -0.25) is 9.78 Å². The van der Waals surface area contributed by atoms with E-state index < -0.39 is 5.82 Å². The van der Waals surface area contributed by atoms with Crippen LogP contribution < -0.4 is 11.0 Å². The molecule has 2 aromatic rings. The number of hydrogen-bond acceptors (Lipinski definition) is 5. The van der Waals surface area contributed by atoms with Crippen LogP contribution in [0.1, 0.15) is 11.3 Å². The first kappa shape index (κ1) is 13.2. The number of rotatable bonds is 3. The van der Waals surface area contributed by atoms with Gasteiger partial charge in [0.25, 0.3) is 5.56 Å². The van der Waals surface area contributed by atoms with Crippen LogP contribution in [0.15, 0.2) is 28.1 Å². The number of halogens is 2. The fraction of sp³-hybridized carbons (Fsp3) is 0.0909. The zero-order chi connectivity index (χ0) is 13.8. The number of anilines is 1. The van der Waals surface area contributed by atoms with E-state index >= 15 is 0 Å². The molecule has 0 atom stereocenters. The predicted octanol–water partition coefficient (Wildman–Crippen LogP) is 1.71. The van der Waals surface area contributed by atoms with E-state index in [1.165, 1.54) is 25.3 Å². The molecule has 98 valence electrons. The van der Waals surface area contributed by atoms with Crippen molar-refractivity contribution < 1.29 is 4.39 Å². The van der Waals surface area contributed by atoms with E-state index in [9.17, 15) is 9.18 Å². The van der Waals surface area contributed by atoms with E-state index in [1.807, 2.05) is 0 Å². The molecule has 2 N–H and O–H groups in total. The van der Waals surface area contributed by atoms with Crippen LogP contribution in [0, 0.1) is 12.7 Å². The number of aromatic nitrogens is 3. The molecular weight excluding hydrogens is 273 g/mol. The minimum atomic E-state index is -0.499. The molecule has 6 nitrogen and oxygen atoms in total. The van der Waals surface area contributed by atoms with Crippen molar-refractivity contribution in [3.8, 4) is 0 Å². The van der Waals surface area contributed by atoms with Gasteiger partial charge in [0.15, 0.2) is 0 Å². The Bertz CT molecular complexity index is 665. The zero-order valence-corrected chi connectivity index (χ0v) is 10.6. The van der Waals surface area contributed by atoms with Gasteiger partial charge in [-0.25, -0.2) is 9.82 Å². The molecule has 0 fully saturated rings. The Labute approximate surface area is 112 Å². The van der Waals surface area contributed by atoms with Crippen molar-refractivity contribution in [2.75, 3.05) is 5.43 Å². The second kappa shape index (κ2) is 5.57. The second-order valence-corrected chi connectivity index (χ2v) is 4.00. The summed E-state index contributed by atoms with van der Waals surface area (Å²) < 4.78 is 13.4. The topological polar surface area (TPSA) is 83.0 Å². The third-order valence-electron chi connectivity index (χ3n) is 2.22. The smallest absolute Gasteiger partial charge is 0.274 e. The Hall–Kier alpha value is -2.28. The summed E-state index contributed by atoms with van der Waals surface area (Å²) >= 11 is 5.81. The Balaban J connectivity index is 2.16. The lowest BCUT2D eigenvalue weighted by molar-refractivity contribution is 0.626. The third kappa shape index (κ3) is 3.14. The zero-order valence-electron chi connectivity index (χ0n) is 9.82. The number of nitrogens with one attached hydrogen (secondary N) is 2. The summed E-state index contributed by atoms with van der Waals surface area (Å²) in [5.41, 5.74) is 2.43. The lowest BCUT2D eigenvalue weighted by atomic mass is 10.2. The average molecular weight is 282 g/mol. The van der Waals surface area contributed by atoms with Crippen LogP contribution in [-0.4, -0.2) is 21.4 Å². The first-order valence-electron chi connectivity index (χ1n) is 5.24. The summed E-state index contributed by atoms with van der Waals surface area (Å²) in [5, 5.41) is 11.2. The van der Waals surface area contributed by atoms with E-state index in [-0.39, 0.29) is 27.8 Å². The number of aromatic amines is 1. The molecule has 8 heteroatoms. The molecule has 1 aromatic carbocycles. The summed E-state index contributed by atoms with van der Waals surface area (Å²) in [6.45, 7) is 1.53. The molecule has 1 aromatic heterocycles. The van der Waals surface area contributed by atoms with Gasteiger partial charge in [-0.05, 0) is 19.1 Å². The van der Waals surface area contributed by atoms with Gasteiger partial charge in [-0.1, -0.05) is 17.7 Å². The molecule has 0 unspecified atom stereocenters. The highest BCUT2D eigenvalue weighted by molar-refractivity contribution is 6.33. The van der Waals surface area contributed by atoms with Crippen LogP contribution in [0.2, 0.25) is 5.02 Å². The monoisotopic (exact) mass is 281 g/mol. The van der Waals surface area contributed by atoms with Crippen molar-refractivity contribution in [1.82, 2.24) is 15.2 Å². The molecule has 19 heavy (non-hydrogen) atoms. The van der Waals surface area contributed by atoms with E-state index in [0.717, 1.165) is 0 Å².